The van der Waals surface area contributed by atoms with Gasteiger partial charge in [0.25, 0.3) is 0 Å². The van der Waals surface area contributed by atoms with Crippen molar-refractivity contribution in [2.45, 2.75) is 19.3 Å². The molecule has 0 unspecified atom stereocenters. The van der Waals surface area contributed by atoms with E-state index in [-0.39, 0.29) is 5.11 Å². The second kappa shape index (κ2) is 4.40. The van der Waals surface area contributed by atoms with Crippen LogP contribution < -0.4 is 11.2 Å². The Balaban J connectivity index is 2.29. The van der Waals surface area contributed by atoms with Crippen LogP contribution in [0.15, 0.2) is 29.4 Å². The number of hydrogen-bond acceptors (Lipinski definition) is 2. The van der Waals surface area contributed by atoms with Crippen LogP contribution in [0.25, 0.3) is 0 Å². The first kappa shape index (κ1) is 10.1. The normalized spacial score (nSPS) is 17.2. The highest BCUT2D eigenvalue weighted by Gasteiger charge is 2.14. The van der Waals surface area contributed by atoms with Crippen LogP contribution in [0, 0.1) is 0 Å². The average Bonchev–Trinajstić information content (AvgIpc) is 2.26. The molecule has 0 aromatic heterocycles. The number of hydrogen-bond donors (Lipinski definition) is 2. The lowest BCUT2D eigenvalue weighted by molar-refractivity contribution is 0.828. The summed E-state index contributed by atoms with van der Waals surface area (Å²) in [5.41, 5.74) is 11.6. The number of nitrogens with zero attached hydrogens (tertiary/aromatic N) is 1. The van der Waals surface area contributed by atoms with Gasteiger partial charge in [0.2, 0.25) is 0 Å². The molecular weight excluding hydrogens is 206 g/mol. The molecule has 2 rings (SSSR count). The van der Waals surface area contributed by atoms with Gasteiger partial charge >= 0.3 is 0 Å². The molecule has 15 heavy (non-hydrogen) atoms. The molecule has 0 radical (unpaired) electrons. The molecule has 0 bridgehead atoms. The number of nitrogens with one attached hydrogen (secondary N) is 1. The van der Waals surface area contributed by atoms with Gasteiger partial charge in [0.05, 0.1) is 5.71 Å². The predicted molar refractivity (Wildman–Crippen MR) is 65.8 cm³/mol. The van der Waals surface area contributed by atoms with Crippen LogP contribution >= 0.6 is 12.2 Å². The van der Waals surface area contributed by atoms with E-state index in [1.54, 1.807) is 0 Å². The zero-order chi connectivity index (χ0) is 10.7. The number of benzene rings is 1. The molecule has 4 heteroatoms. The fourth-order valence-corrected chi connectivity index (χ4v) is 1.89. The first-order valence-corrected chi connectivity index (χ1v) is 5.38. The van der Waals surface area contributed by atoms with Crippen LogP contribution in [0.4, 0.5) is 0 Å². The first-order chi connectivity index (χ1) is 7.27. The molecule has 0 heterocycles. The van der Waals surface area contributed by atoms with Crippen LogP contribution in [0.1, 0.15) is 24.0 Å². The number of fused-ring (bicyclic) bond motifs is 1. The van der Waals surface area contributed by atoms with Gasteiger partial charge in [0.1, 0.15) is 0 Å². The first-order valence-electron chi connectivity index (χ1n) is 4.97. The minimum atomic E-state index is 0.213. The van der Waals surface area contributed by atoms with Crippen LogP contribution in [0.5, 0.6) is 0 Å². The molecule has 1 aromatic carbocycles. The van der Waals surface area contributed by atoms with Gasteiger partial charge in [0, 0.05) is 5.56 Å². The molecule has 0 atom stereocenters. The van der Waals surface area contributed by atoms with Gasteiger partial charge in [-0.3, -0.25) is 5.43 Å². The third kappa shape index (κ3) is 2.33. The smallest absolute Gasteiger partial charge is 0.184 e. The Morgan fingerprint density at radius 3 is 2.93 bits per heavy atom. The summed E-state index contributed by atoms with van der Waals surface area (Å²) in [7, 11) is 0. The topological polar surface area (TPSA) is 50.4 Å². The summed E-state index contributed by atoms with van der Waals surface area (Å²) in [6.45, 7) is 0. The van der Waals surface area contributed by atoms with E-state index in [0.29, 0.717) is 0 Å². The van der Waals surface area contributed by atoms with Crippen molar-refractivity contribution in [2.75, 3.05) is 0 Å². The molecule has 0 fully saturated rings. The molecule has 1 aliphatic carbocycles. The van der Waals surface area contributed by atoms with Crippen molar-refractivity contribution < 1.29 is 0 Å². The maximum Gasteiger partial charge on any atom is 0.184 e. The molecule has 0 saturated carbocycles. The molecule has 78 valence electrons. The SMILES string of the molecule is NC(=S)N/N=C1/CCCc2ccccc21. The molecule has 3 nitrogen and oxygen atoms in total. The second-order valence-electron chi connectivity index (χ2n) is 3.55. The van der Waals surface area contributed by atoms with Crippen LogP contribution in [-0.2, 0) is 6.42 Å². The number of hydrazone groups is 1. The summed E-state index contributed by atoms with van der Waals surface area (Å²) in [6.07, 6.45) is 3.24. The number of thiocarbonyl (C=S) groups is 1. The maximum atomic E-state index is 5.34. The fraction of sp³-hybridized carbons (Fsp3) is 0.273. The highest BCUT2D eigenvalue weighted by molar-refractivity contribution is 7.80. The monoisotopic (exact) mass is 219 g/mol. The van der Waals surface area contributed by atoms with E-state index in [1.807, 2.05) is 6.07 Å². The minimum absolute atomic E-state index is 0.213. The van der Waals surface area contributed by atoms with E-state index in [9.17, 15) is 0 Å². The summed E-state index contributed by atoms with van der Waals surface area (Å²) in [5.74, 6) is 0. The summed E-state index contributed by atoms with van der Waals surface area (Å²) < 4.78 is 0. The van der Waals surface area contributed by atoms with Gasteiger partial charge in [-0.2, -0.15) is 5.10 Å². The van der Waals surface area contributed by atoms with Gasteiger partial charge in [-0.25, -0.2) is 0 Å². The molecule has 1 aromatic rings. The highest BCUT2D eigenvalue weighted by atomic mass is 32.1. The van der Waals surface area contributed by atoms with Crippen LogP contribution in [-0.4, -0.2) is 10.8 Å². The average molecular weight is 219 g/mol. The number of aryl methyl sites for hydroxylation is 1. The van der Waals surface area contributed by atoms with Gasteiger partial charge in [-0.05, 0) is 37.0 Å². The lowest BCUT2D eigenvalue weighted by Crippen LogP contribution is -2.26. The Morgan fingerprint density at radius 2 is 2.13 bits per heavy atom. The Morgan fingerprint density at radius 1 is 1.33 bits per heavy atom. The van der Waals surface area contributed by atoms with Crippen molar-refractivity contribution >= 4 is 23.0 Å². The van der Waals surface area contributed by atoms with Crippen molar-refractivity contribution in [3.63, 3.8) is 0 Å². The van der Waals surface area contributed by atoms with E-state index < -0.39 is 0 Å². The predicted octanol–water partition coefficient (Wildman–Crippen LogP) is 1.56. The molecule has 3 N–H and O–H groups in total. The summed E-state index contributed by atoms with van der Waals surface area (Å²) >= 11 is 4.72. The van der Waals surface area contributed by atoms with Gasteiger partial charge in [-0.1, -0.05) is 24.3 Å². The van der Waals surface area contributed by atoms with Crippen molar-refractivity contribution in [3.05, 3.63) is 35.4 Å². The number of rotatable bonds is 1. The molecule has 0 saturated heterocycles. The van der Waals surface area contributed by atoms with E-state index in [2.05, 4.69) is 28.7 Å². The third-order valence-corrected chi connectivity index (χ3v) is 2.58. The molecule has 1 aliphatic rings. The second-order valence-corrected chi connectivity index (χ2v) is 3.99. The quantitative estimate of drug-likeness (QED) is 0.556. The van der Waals surface area contributed by atoms with Crippen molar-refractivity contribution in [1.82, 2.24) is 5.43 Å². The zero-order valence-electron chi connectivity index (χ0n) is 8.36. The third-order valence-electron chi connectivity index (χ3n) is 2.49. The van der Waals surface area contributed by atoms with Gasteiger partial charge < -0.3 is 5.73 Å². The molecule has 0 spiro atoms. The zero-order valence-corrected chi connectivity index (χ0v) is 9.18. The molecular formula is C11H13N3S. The van der Waals surface area contributed by atoms with E-state index in [0.717, 1.165) is 25.0 Å². The summed E-state index contributed by atoms with van der Waals surface area (Å²) in [4.78, 5) is 0. The largest absolute Gasteiger partial charge is 0.375 e. The fourth-order valence-electron chi connectivity index (χ4n) is 1.84. The van der Waals surface area contributed by atoms with Crippen LogP contribution in [0.2, 0.25) is 0 Å². The Bertz CT molecular complexity index is 412. The highest BCUT2D eigenvalue weighted by Crippen LogP contribution is 2.20. The Hall–Kier alpha value is -1.42. The lowest BCUT2D eigenvalue weighted by atomic mass is 9.90. The minimum Gasteiger partial charge on any atom is -0.375 e. The maximum absolute atomic E-state index is 5.34. The van der Waals surface area contributed by atoms with Crippen molar-refractivity contribution in [2.24, 2.45) is 10.8 Å². The van der Waals surface area contributed by atoms with E-state index in [4.69, 9.17) is 18.0 Å². The van der Waals surface area contributed by atoms with E-state index in [1.165, 1.54) is 11.1 Å². The Kier molecular flexibility index (Phi) is 2.97. The standard InChI is InChI=1S/C11H13N3S/c12-11(15)14-13-10-7-3-5-8-4-1-2-6-9(8)10/h1-2,4,6H,3,5,7H2,(H3,12,14,15)/b13-10-. The summed E-state index contributed by atoms with van der Waals surface area (Å²) in [5, 5.41) is 4.44. The summed E-state index contributed by atoms with van der Waals surface area (Å²) in [6, 6.07) is 8.32. The van der Waals surface area contributed by atoms with Crippen LogP contribution in [0.3, 0.4) is 0 Å². The van der Waals surface area contributed by atoms with E-state index >= 15 is 0 Å². The Labute approximate surface area is 94.4 Å². The molecule has 0 amide bonds. The van der Waals surface area contributed by atoms with Crippen molar-refractivity contribution in [3.8, 4) is 0 Å². The lowest BCUT2D eigenvalue weighted by Gasteiger charge is -2.17. The van der Waals surface area contributed by atoms with Gasteiger partial charge in [-0.15, -0.1) is 0 Å². The molecule has 0 aliphatic heterocycles. The van der Waals surface area contributed by atoms with Crippen molar-refractivity contribution in [1.29, 1.82) is 0 Å². The number of nitrogens with two attached hydrogens (primary N) is 1. The van der Waals surface area contributed by atoms with Gasteiger partial charge in [0.15, 0.2) is 5.11 Å².